The third kappa shape index (κ3) is 8.42. The minimum Gasteiger partial charge on any atom is -0.347 e. The number of nitrogens with zero attached hydrogens (tertiary/aromatic N) is 2. The van der Waals surface area contributed by atoms with Crippen LogP contribution in [0.1, 0.15) is 31.7 Å². The zero-order valence-electron chi connectivity index (χ0n) is 17.8. The molecule has 0 spiro atoms. The summed E-state index contributed by atoms with van der Waals surface area (Å²) in [5.41, 5.74) is 1.30. The number of nitrogens with one attached hydrogen (secondary N) is 2. The second kappa shape index (κ2) is 13.9. The summed E-state index contributed by atoms with van der Waals surface area (Å²) in [5, 5.41) is 6.24. The molecule has 2 saturated heterocycles. The zero-order valence-corrected chi connectivity index (χ0v) is 19.5. The molecule has 0 saturated carbocycles. The van der Waals surface area contributed by atoms with Crippen molar-refractivity contribution in [3.63, 3.8) is 0 Å². The maximum Gasteiger partial charge on any atom is 0.242 e. The number of piperidine rings is 1. The Morgan fingerprint density at radius 3 is 2.47 bits per heavy atom. The Morgan fingerprint density at radius 1 is 1.13 bits per heavy atom. The van der Waals surface area contributed by atoms with Crippen molar-refractivity contribution >= 4 is 36.6 Å². The lowest BCUT2D eigenvalue weighted by molar-refractivity contribution is -0.134. The predicted octanol–water partition coefficient (Wildman–Crippen LogP) is 2.32. The van der Waals surface area contributed by atoms with Gasteiger partial charge in [0.25, 0.3) is 0 Å². The fraction of sp³-hybridized carbons (Fsp3) is 0.636. The molecule has 0 aromatic heterocycles. The van der Waals surface area contributed by atoms with Crippen molar-refractivity contribution in [2.24, 2.45) is 11.8 Å². The van der Waals surface area contributed by atoms with Gasteiger partial charge in [0.2, 0.25) is 11.8 Å². The largest absolute Gasteiger partial charge is 0.347 e. The zero-order chi connectivity index (χ0) is 19.8. The van der Waals surface area contributed by atoms with E-state index >= 15 is 0 Å². The van der Waals surface area contributed by atoms with Crippen LogP contribution in [0.15, 0.2) is 30.3 Å². The van der Waals surface area contributed by atoms with Gasteiger partial charge in [-0.1, -0.05) is 37.3 Å². The molecule has 8 heteroatoms. The Labute approximate surface area is 193 Å². The Bertz CT molecular complexity index is 633. The SMILES string of the molecule is CC(CC(=O)NCC(=O)N1CCN(Cc2ccccc2)CC1)C1CCCNC1.Cl.Cl. The molecule has 2 N–H and O–H groups in total. The number of carbonyl (C=O) groups excluding carboxylic acids is 2. The Morgan fingerprint density at radius 2 is 1.83 bits per heavy atom. The van der Waals surface area contributed by atoms with E-state index in [9.17, 15) is 9.59 Å². The highest BCUT2D eigenvalue weighted by molar-refractivity contribution is 5.86. The van der Waals surface area contributed by atoms with Crippen LogP contribution in [-0.4, -0.2) is 67.4 Å². The molecule has 3 rings (SSSR count). The molecule has 1 aromatic carbocycles. The van der Waals surface area contributed by atoms with E-state index in [1.807, 2.05) is 11.0 Å². The summed E-state index contributed by atoms with van der Waals surface area (Å²) >= 11 is 0. The first-order chi connectivity index (χ1) is 13.6. The van der Waals surface area contributed by atoms with Gasteiger partial charge in [0.05, 0.1) is 6.54 Å². The van der Waals surface area contributed by atoms with Crippen molar-refractivity contribution < 1.29 is 9.59 Å². The number of amides is 2. The van der Waals surface area contributed by atoms with E-state index in [1.165, 1.54) is 18.4 Å². The number of halogens is 2. The van der Waals surface area contributed by atoms with Crippen LogP contribution in [0.4, 0.5) is 0 Å². The average Bonchev–Trinajstić information content (AvgIpc) is 2.74. The number of carbonyl (C=O) groups is 2. The molecule has 0 bridgehead atoms. The fourth-order valence-electron chi connectivity index (χ4n) is 4.18. The first-order valence-electron chi connectivity index (χ1n) is 10.6. The maximum absolute atomic E-state index is 12.4. The summed E-state index contributed by atoms with van der Waals surface area (Å²) in [6.45, 7) is 8.48. The fourth-order valence-corrected chi connectivity index (χ4v) is 4.18. The summed E-state index contributed by atoms with van der Waals surface area (Å²) in [6, 6.07) is 10.4. The Hall–Kier alpha value is -1.34. The minimum absolute atomic E-state index is 0. The quantitative estimate of drug-likeness (QED) is 0.657. The summed E-state index contributed by atoms with van der Waals surface area (Å²) in [5.74, 6) is 0.936. The van der Waals surface area contributed by atoms with Gasteiger partial charge in [0.1, 0.15) is 0 Å². The van der Waals surface area contributed by atoms with Gasteiger partial charge in [-0.15, -0.1) is 24.8 Å². The highest BCUT2D eigenvalue weighted by Crippen LogP contribution is 2.22. The molecular weight excluding hydrogens is 423 g/mol. The third-order valence-electron chi connectivity index (χ3n) is 6.06. The highest BCUT2D eigenvalue weighted by atomic mass is 35.5. The third-order valence-corrected chi connectivity index (χ3v) is 6.06. The van der Waals surface area contributed by atoms with E-state index in [4.69, 9.17) is 0 Å². The number of rotatable bonds is 7. The molecular formula is C22H36Cl2N4O2. The van der Waals surface area contributed by atoms with Crippen LogP contribution in [0.25, 0.3) is 0 Å². The van der Waals surface area contributed by atoms with E-state index < -0.39 is 0 Å². The second-order valence-corrected chi connectivity index (χ2v) is 8.21. The van der Waals surface area contributed by atoms with Gasteiger partial charge in [-0.05, 0) is 43.3 Å². The average molecular weight is 459 g/mol. The maximum atomic E-state index is 12.4. The molecule has 2 fully saturated rings. The van der Waals surface area contributed by atoms with Crippen LogP contribution in [0.3, 0.4) is 0 Å². The molecule has 170 valence electrons. The standard InChI is InChI=1S/C22H34N4O2.2ClH/c1-18(20-8-5-9-23-15-20)14-21(27)24-16-22(28)26-12-10-25(11-13-26)17-19-6-3-2-4-7-19;;/h2-4,6-7,18,20,23H,5,8-17H2,1H3,(H,24,27);2*1H. The molecule has 2 amide bonds. The van der Waals surface area contributed by atoms with Gasteiger partial charge in [0.15, 0.2) is 0 Å². The molecule has 0 radical (unpaired) electrons. The van der Waals surface area contributed by atoms with E-state index in [0.717, 1.165) is 45.8 Å². The highest BCUT2D eigenvalue weighted by Gasteiger charge is 2.24. The lowest BCUT2D eigenvalue weighted by Gasteiger charge is -2.34. The van der Waals surface area contributed by atoms with Crippen molar-refractivity contribution in [1.82, 2.24) is 20.4 Å². The monoisotopic (exact) mass is 458 g/mol. The molecule has 2 unspecified atom stereocenters. The van der Waals surface area contributed by atoms with E-state index in [2.05, 4.69) is 46.7 Å². The molecule has 2 atom stereocenters. The first-order valence-corrected chi connectivity index (χ1v) is 10.6. The summed E-state index contributed by atoms with van der Waals surface area (Å²) in [4.78, 5) is 28.9. The van der Waals surface area contributed by atoms with Crippen LogP contribution in [0, 0.1) is 11.8 Å². The van der Waals surface area contributed by atoms with Crippen LogP contribution in [0.5, 0.6) is 0 Å². The second-order valence-electron chi connectivity index (χ2n) is 8.21. The van der Waals surface area contributed by atoms with Gasteiger partial charge >= 0.3 is 0 Å². The topological polar surface area (TPSA) is 64.7 Å². The smallest absolute Gasteiger partial charge is 0.242 e. The van der Waals surface area contributed by atoms with Crippen LogP contribution in [-0.2, 0) is 16.1 Å². The number of hydrogen-bond donors (Lipinski definition) is 2. The van der Waals surface area contributed by atoms with Crippen LogP contribution in [0.2, 0.25) is 0 Å². The van der Waals surface area contributed by atoms with E-state index in [0.29, 0.717) is 18.3 Å². The number of hydrogen-bond acceptors (Lipinski definition) is 4. The molecule has 30 heavy (non-hydrogen) atoms. The molecule has 0 aliphatic carbocycles. The predicted molar refractivity (Wildman–Crippen MR) is 125 cm³/mol. The van der Waals surface area contributed by atoms with Crippen molar-refractivity contribution in [2.45, 2.75) is 32.7 Å². The van der Waals surface area contributed by atoms with Gasteiger partial charge < -0.3 is 15.5 Å². The summed E-state index contributed by atoms with van der Waals surface area (Å²) < 4.78 is 0. The van der Waals surface area contributed by atoms with Gasteiger partial charge in [-0.25, -0.2) is 0 Å². The molecule has 1 aromatic rings. The lowest BCUT2D eigenvalue weighted by Crippen LogP contribution is -2.51. The van der Waals surface area contributed by atoms with Crippen molar-refractivity contribution in [2.75, 3.05) is 45.8 Å². The first kappa shape index (κ1) is 26.7. The summed E-state index contributed by atoms with van der Waals surface area (Å²) in [7, 11) is 0. The Balaban J connectivity index is 0.00000225. The van der Waals surface area contributed by atoms with Gasteiger partial charge in [-0.3, -0.25) is 14.5 Å². The summed E-state index contributed by atoms with van der Waals surface area (Å²) in [6.07, 6.45) is 2.88. The Kier molecular flexibility index (Phi) is 12.3. The van der Waals surface area contributed by atoms with Crippen molar-refractivity contribution in [3.05, 3.63) is 35.9 Å². The van der Waals surface area contributed by atoms with Gasteiger partial charge in [0, 0.05) is 39.1 Å². The van der Waals surface area contributed by atoms with Crippen molar-refractivity contribution in [1.29, 1.82) is 0 Å². The normalized spacial score (nSPS) is 20.4. The molecule has 6 nitrogen and oxygen atoms in total. The van der Waals surface area contributed by atoms with E-state index in [1.54, 1.807) is 0 Å². The van der Waals surface area contributed by atoms with Crippen molar-refractivity contribution in [3.8, 4) is 0 Å². The molecule has 2 heterocycles. The number of benzene rings is 1. The van der Waals surface area contributed by atoms with Gasteiger partial charge in [-0.2, -0.15) is 0 Å². The molecule has 2 aliphatic heterocycles. The molecule has 2 aliphatic rings. The number of piperazine rings is 1. The minimum atomic E-state index is -0.00543. The van der Waals surface area contributed by atoms with E-state index in [-0.39, 0.29) is 43.2 Å². The lowest BCUT2D eigenvalue weighted by atomic mass is 9.85. The van der Waals surface area contributed by atoms with Crippen LogP contribution < -0.4 is 10.6 Å². The van der Waals surface area contributed by atoms with Crippen LogP contribution >= 0.6 is 24.8 Å².